The maximum absolute atomic E-state index is 6.10. The quantitative estimate of drug-likeness (QED) is 0.749. The molecule has 1 aliphatic rings. The first kappa shape index (κ1) is 8.76. The molecule has 1 heteroatoms. The van der Waals surface area contributed by atoms with Gasteiger partial charge in [-0.25, -0.2) is 0 Å². The molecule has 1 nitrogen and oxygen atoms in total. The van der Waals surface area contributed by atoms with E-state index in [1.165, 1.54) is 12.0 Å². The Morgan fingerprint density at radius 2 is 2.00 bits per heavy atom. The van der Waals surface area contributed by atoms with Crippen molar-refractivity contribution in [1.82, 2.24) is 0 Å². The van der Waals surface area contributed by atoms with E-state index in [1.54, 1.807) is 0 Å². The molecule has 70 valence electrons. The normalized spacial score (nSPS) is 28.5. The number of benzene rings is 1. The molecule has 1 aliphatic carbocycles. The number of rotatable bonds is 3. The molecule has 0 aromatic heterocycles. The second-order valence-corrected chi connectivity index (χ2v) is 4.23. The Morgan fingerprint density at radius 1 is 1.38 bits per heavy atom. The molecule has 3 unspecified atom stereocenters. The Morgan fingerprint density at radius 3 is 2.54 bits per heavy atom. The van der Waals surface area contributed by atoms with Gasteiger partial charge in [-0.1, -0.05) is 37.3 Å². The molecule has 0 bridgehead atoms. The third kappa shape index (κ3) is 2.10. The van der Waals surface area contributed by atoms with Gasteiger partial charge in [0.25, 0.3) is 0 Å². The van der Waals surface area contributed by atoms with Crippen LogP contribution in [0, 0.1) is 11.8 Å². The molecule has 1 saturated carbocycles. The Bertz CT molecular complexity index is 268. The van der Waals surface area contributed by atoms with Crippen LogP contribution in [0.25, 0.3) is 0 Å². The fourth-order valence-electron chi connectivity index (χ4n) is 1.99. The molecule has 0 aliphatic heterocycles. The highest BCUT2D eigenvalue weighted by Crippen LogP contribution is 2.40. The SMILES string of the molecule is CC1CC1C(N)Cc1ccccc1. The summed E-state index contributed by atoms with van der Waals surface area (Å²) in [6.07, 6.45) is 2.36. The fourth-order valence-corrected chi connectivity index (χ4v) is 1.99. The minimum absolute atomic E-state index is 0.373. The summed E-state index contributed by atoms with van der Waals surface area (Å²) in [7, 11) is 0. The van der Waals surface area contributed by atoms with E-state index in [0.29, 0.717) is 6.04 Å². The molecule has 1 aromatic carbocycles. The van der Waals surface area contributed by atoms with Crippen LogP contribution in [-0.2, 0) is 6.42 Å². The van der Waals surface area contributed by atoms with Crippen molar-refractivity contribution in [1.29, 1.82) is 0 Å². The van der Waals surface area contributed by atoms with Crippen LogP contribution in [-0.4, -0.2) is 6.04 Å². The Hall–Kier alpha value is -0.820. The summed E-state index contributed by atoms with van der Waals surface area (Å²) in [5.74, 6) is 1.64. The summed E-state index contributed by atoms with van der Waals surface area (Å²) in [5, 5.41) is 0. The van der Waals surface area contributed by atoms with Crippen molar-refractivity contribution in [2.45, 2.75) is 25.8 Å². The molecule has 1 fully saturated rings. The van der Waals surface area contributed by atoms with E-state index in [2.05, 4.69) is 37.3 Å². The summed E-state index contributed by atoms with van der Waals surface area (Å²) in [5.41, 5.74) is 7.47. The lowest BCUT2D eigenvalue weighted by Crippen LogP contribution is -2.25. The summed E-state index contributed by atoms with van der Waals surface area (Å²) in [4.78, 5) is 0. The van der Waals surface area contributed by atoms with E-state index < -0.39 is 0 Å². The average molecular weight is 175 g/mol. The van der Waals surface area contributed by atoms with Crippen LogP contribution in [0.5, 0.6) is 0 Å². The molecule has 0 spiro atoms. The van der Waals surface area contributed by atoms with Crippen LogP contribution in [0.15, 0.2) is 30.3 Å². The minimum Gasteiger partial charge on any atom is -0.327 e. The van der Waals surface area contributed by atoms with Gasteiger partial charge in [0.15, 0.2) is 0 Å². The van der Waals surface area contributed by atoms with Gasteiger partial charge in [-0.05, 0) is 30.2 Å². The number of nitrogens with two attached hydrogens (primary N) is 1. The summed E-state index contributed by atoms with van der Waals surface area (Å²) >= 11 is 0. The predicted molar refractivity (Wildman–Crippen MR) is 55.4 cm³/mol. The molecule has 3 atom stereocenters. The van der Waals surface area contributed by atoms with E-state index in [9.17, 15) is 0 Å². The van der Waals surface area contributed by atoms with Gasteiger partial charge >= 0.3 is 0 Å². The lowest BCUT2D eigenvalue weighted by Gasteiger charge is -2.10. The van der Waals surface area contributed by atoms with Crippen molar-refractivity contribution < 1.29 is 0 Å². The zero-order chi connectivity index (χ0) is 9.26. The number of hydrogen-bond donors (Lipinski definition) is 1. The maximum Gasteiger partial charge on any atom is 0.0110 e. The molecule has 13 heavy (non-hydrogen) atoms. The van der Waals surface area contributed by atoms with Gasteiger partial charge in [-0.3, -0.25) is 0 Å². The maximum atomic E-state index is 6.10. The van der Waals surface area contributed by atoms with Crippen molar-refractivity contribution in [2.24, 2.45) is 17.6 Å². The average Bonchev–Trinajstić information content (AvgIpc) is 2.84. The molecule has 2 rings (SSSR count). The smallest absolute Gasteiger partial charge is 0.0110 e. The largest absolute Gasteiger partial charge is 0.327 e. The van der Waals surface area contributed by atoms with E-state index in [1.807, 2.05) is 0 Å². The van der Waals surface area contributed by atoms with Gasteiger partial charge in [0.2, 0.25) is 0 Å². The summed E-state index contributed by atoms with van der Waals surface area (Å²) in [6.45, 7) is 2.29. The lowest BCUT2D eigenvalue weighted by molar-refractivity contribution is 0.560. The van der Waals surface area contributed by atoms with Crippen LogP contribution < -0.4 is 5.73 Å². The van der Waals surface area contributed by atoms with E-state index in [-0.39, 0.29) is 0 Å². The van der Waals surface area contributed by atoms with Gasteiger partial charge in [0.05, 0.1) is 0 Å². The topological polar surface area (TPSA) is 26.0 Å². The molecule has 0 heterocycles. The molecule has 2 N–H and O–H groups in total. The predicted octanol–water partition coefficient (Wildman–Crippen LogP) is 2.21. The van der Waals surface area contributed by atoms with Crippen molar-refractivity contribution in [2.75, 3.05) is 0 Å². The van der Waals surface area contributed by atoms with Crippen LogP contribution in [0.2, 0.25) is 0 Å². The lowest BCUT2D eigenvalue weighted by atomic mass is 10.0. The summed E-state index contributed by atoms with van der Waals surface area (Å²) < 4.78 is 0. The van der Waals surface area contributed by atoms with Gasteiger partial charge in [0, 0.05) is 6.04 Å². The first-order chi connectivity index (χ1) is 6.27. The first-order valence-electron chi connectivity index (χ1n) is 5.07. The Labute approximate surface area is 80.0 Å². The molecular formula is C12H17N. The van der Waals surface area contributed by atoms with E-state index in [0.717, 1.165) is 18.3 Å². The molecular weight excluding hydrogens is 158 g/mol. The van der Waals surface area contributed by atoms with Gasteiger partial charge in [0.1, 0.15) is 0 Å². The molecule has 0 radical (unpaired) electrons. The van der Waals surface area contributed by atoms with Gasteiger partial charge < -0.3 is 5.73 Å². The second kappa shape index (κ2) is 3.51. The Kier molecular flexibility index (Phi) is 2.36. The highest BCUT2D eigenvalue weighted by molar-refractivity contribution is 5.16. The van der Waals surface area contributed by atoms with E-state index >= 15 is 0 Å². The highest BCUT2D eigenvalue weighted by atomic mass is 14.7. The van der Waals surface area contributed by atoms with Crippen LogP contribution in [0.1, 0.15) is 18.9 Å². The van der Waals surface area contributed by atoms with Crippen molar-refractivity contribution >= 4 is 0 Å². The fraction of sp³-hybridized carbons (Fsp3) is 0.500. The first-order valence-corrected chi connectivity index (χ1v) is 5.07. The van der Waals surface area contributed by atoms with Crippen molar-refractivity contribution in [3.8, 4) is 0 Å². The third-order valence-electron chi connectivity index (χ3n) is 3.04. The number of hydrogen-bond acceptors (Lipinski definition) is 1. The highest BCUT2D eigenvalue weighted by Gasteiger charge is 2.37. The zero-order valence-corrected chi connectivity index (χ0v) is 8.11. The van der Waals surface area contributed by atoms with Crippen molar-refractivity contribution in [3.05, 3.63) is 35.9 Å². The van der Waals surface area contributed by atoms with Crippen LogP contribution in [0.4, 0.5) is 0 Å². The second-order valence-electron chi connectivity index (χ2n) is 4.23. The van der Waals surface area contributed by atoms with Gasteiger partial charge in [-0.2, -0.15) is 0 Å². The van der Waals surface area contributed by atoms with E-state index in [4.69, 9.17) is 5.73 Å². The van der Waals surface area contributed by atoms with Crippen LogP contribution in [0.3, 0.4) is 0 Å². The molecule has 0 saturated heterocycles. The zero-order valence-electron chi connectivity index (χ0n) is 8.11. The molecule has 1 aromatic rings. The van der Waals surface area contributed by atoms with Crippen molar-refractivity contribution in [3.63, 3.8) is 0 Å². The van der Waals surface area contributed by atoms with Gasteiger partial charge in [-0.15, -0.1) is 0 Å². The standard InChI is InChI=1S/C12H17N/c1-9-7-11(9)12(13)8-10-5-3-2-4-6-10/h2-6,9,11-12H,7-8,13H2,1H3. The summed E-state index contributed by atoms with van der Waals surface area (Å²) in [6, 6.07) is 10.9. The minimum atomic E-state index is 0.373. The monoisotopic (exact) mass is 175 g/mol. The van der Waals surface area contributed by atoms with Crippen LogP contribution >= 0.6 is 0 Å². The molecule has 0 amide bonds. The third-order valence-corrected chi connectivity index (χ3v) is 3.04. The Balaban J connectivity index is 1.91.